The number of anilines is 2. The summed E-state index contributed by atoms with van der Waals surface area (Å²) < 4.78 is 51.5. The molecule has 0 saturated carbocycles. The fraction of sp³-hybridized carbons (Fsp3) is 0.273. The van der Waals surface area contributed by atoms with Gasteiger partial charge in [-0.05, 0) is 18.2 Å². The van der Waals surface area contributed by atoms with Gasteiger partial charge in [0.1, 0.15) is 12.4 Å². The molecule has 10 heteroatoms. The Morgan fingerprint density at radius 3 is 2.78 bits per heavy atom. The number of pyridine rings is 1. The molecule has 0 radical (unpaired) electrons. The van der Waals surface area contributed by atoms with Gasteiger partial charge in [-0.2, -0.15) is 13.2 Å². The van der Waals surface area contributed by atoms with Crippen molar-refractivity contribution in [3.05, 3.63) is 59.5 Å². The van der Waals surface area contributed by atoms with E-state index in [-0.39, 0.29) is 29.5 Å². The molecule has 32 heavy (non-hydrogen) atoms. The number of H-pyrrole nitrogens is 1. The number of ether oxygens (including phenoxy) is 2. The highest BCUT2D eigenvalue weighted by Crippen LogP contribution is 2.42. The maximum atomic E-state index is 13.6. The topological polar surface area (TPSA) is 88.3 Å². The maximum Gasteiger partial charge on any atom is 0.418 e. The number of methoxy groups -OCH3 is 1. The molecular formula is C22H21F3N4O3. The Hall–Kier alpha value is -3.53. The first-order chi connectivity index (χ1) is 15.4. The number of halogens is 3. The van der Waals surface area contributed by atoms with E-state index in [4.69, 9.17) is 9.47 Å². The van der Waals surface area contributed by atoms with Gasteiger partial charge in [0.25, 0.3) is 5.91 Å². The molecule has 3 N–H and O–H groups in total. The molecule has 3 heterocycles. The number of para-hydroxylation sites is 1. The summed E-state index contributed by atoms with van der Waals surface area (Å²) in [6.07, 6.45) is -0.987. The van der Waals surface area contributed by atoms with Crippen molar-refractivity contribution >= 4 is 17.3 Å². The molecule has 1 aromatic carbocycles. The van der Waals surface area contributed by atoms with Gasteiger partial charge in [0.15, 0.2) is 0 Å². The van der Waals surface area contributed by atoms with Gasteiger partial charge < -0.3 is 25.1 Å². The zero-order valence-corrected chi connectivity index (χ0v) is 17.2. The smallest absolute Gasteiger partial charge is 0.418 e. The van der Waals surface area contributed by atoms with E-state index in [1.54, 1.807) is 19.4 Å². The second kappa shape index (κ2) is 8.91. The van der Waals surface area contributed by atoms with E-state index in [9.17, 15) is 18.0 Å². The minimum absolute atomic E-state index is 0.155. The molecule has 0 unspecified atom stereocenters. The van der Waals surface area contributed by atoms with Gasteiger partial charge in [0, 0.05) is 37.5 Å². The van der Waals surface area contributed by atoms with Crippen LogP contribution in [0.25, 0.3) is 11.3 Å². The van der Waals surface area contributed by atoms with Gasteiger partial charge in [-0.3, -0.25) is 9.78 Å². The van der Waals surface area contributed by atoms with Crippen molar-refractivity contribution in [2.24, 2.45) is 0 Å². The third-order valence-corrected chi connectivity index (χ3v) is 5.06. The van der Waals surface area contributed by atoms with Crippen LogP contribution >= 0.6 is 0 Å². The van der Waals surface area contributed by atoms with E-state index < -0.39 is 11.7 Å². The van der Waals surface area contributed by atoms with Crippen LogP contribution in [-0.4, -0.2) is 42.7 Å². The van der Waals surface area contributed by atoms with Crippen molar-refractivity contribution in [1.29, 1.82) is 0 Å². The number of alkyl halides is 3. The summed E-state index contributed by atoms with van der Waals surface area (Å²) in [7, 11) is 1.55. The number of carbonyl (C=O) groups excluding carboxylic acids is 1. The predicted molar refractivity (Wildman–Crippen MR) is 112 cm³/mol. The highest BCUT2D eigenvalue weighted by molar-refractivity contribution is 6.06. The van der Waals surface area contributed by atoms with Crippen molar-refractivity contribution in [1.82, 2.24) is 15.3 Å². The monoisotopic (exact) mass is 446 g/mol. The van der Waals surface area contributed by atoms with Gasteiger partial charge in [-0.15, -0.1) is 0 Å². The summed E-state index contributed by atoms with van der Waals surface area (Å²) in [5, 5.41) is 5.62. The fourth-order valence-corrected chi connectivity index (χ4v) is 3.62. The Morgan fingerprint density at radius 2 is 2.00 bits per heavy atom. The Morgan fingerprint density at radius 1 is 1.19 bits per heavy atom. The van der Waals surface area contributed by atoms with Gasteiger partial charge >= 0.3 is 6.18 Å². The lowest BCUT2D eigenvalue weighted by molar-refractivity contribution is -0.136. The molecule has 0 fully saturated rings. The minimum Gasteiger partial charge on any atom is -0.489 e. The lowest BCUT2D eigenvalue weighted by atomic mass is 10.0. The maximum absolute atomic E-state index is 13.6. The average molecular weight is 446 g/mol. The van der Waals surface area contributed by atoms with E-state index in [2.05, 4.69) is 20.6 Å². The Balaban J connectivity index is 1.85. The quantitative estimate of drug-likeness (QED) is 0.475. The zero-order chi connectivity index (χ0) is 22.7. The van der Waals surface area contributed by atoms with Gasteiger partial charge in [0.2, 0.25) is 0 Å². The van der Waals surface area contributed by atoms with Crippen LogP contribution in [0.5, 0.6) is 5.75 Å². The molecule has 0 atom stereocenters. The molecule has 0 spiro atoms. The second-order valence-electron chi connectivity index (χ2n) is 7.12. The number of fused-ring (bicyclic) bond motifs is 1. The van der Waals surface area contributed by atoms with Crippen LogP contribution in [0.2, 0.25) is 0 Å². The average Bonchev–Trinajstić information content (AvgIpc) is 3.13. The number of hydrogen-bond donors (Lipinski definition) is 3. The van der Waals surface area contributed by atoms with E-state index >= 15 is 0 Å². The van der Waals surface area contributed by atoms with E-state index in [0.717, 1.165) is 6.07 Å². The van der Waals surface area contributed by atoms with E-state index in [0.29, 0.717) is 42.3 Å². The van der Waals surface area contributed by atoms with Crippen LogP contribution in [0.15, 0.2) is 42.7 Å². The standard InChI is InChI=1S/C22H21F3N4O3/c1-31-10-11-32-17-12-26-8-6-13(17)19-20(18-16(29-19)7-9-27-21(18)30)28-15-5-3-2-4-14(15)22(23,24)25/h2-6,8,12,28-29H,7,9-11H2,1H3,(H,27,30). The first kappa shape index (κ1) is 21.7. The Kier molecular flexibility index (Phi) is 6.04. The number of nitrogens with zero attached hydrogens (tertiary/aromatic N) is 1. The highest BCUT2D eigenvalue weighted by Gasteiger charge is 2.35. The van der Waals surface area contributed by atoms with Crippen LogP contribution in [-0.2, 0) is 17.3 Å². The van der Waals surface area contributed by atoms with Crippen LogP contribution in [0.1, 0.15) is 21.6 Å². The van der Waals surface area contributed by atoms with Crippen LogP contribution in [0.4, 0.5) is 24.5 Å². The molecule has 3 aromatic rings. The molecular weight excluding hydrogens is 425 g/mol. The molecule has 1 aliphatic rings. The number of amides is 1. The number of aromatic nitrogens is 2. The number of aromatic amines is 1. The first-order valence-corrected chi connectivity index (χ1v) is 9.92. The second-order valence-corrected chi connectivity index (χ2v) is 7.12. The summed E-state index contributed by atoms with van der Waals surface area (Å²) >= 11 is 0. The fourth-order valence-electron chi connectivity index (χ4n) is 3.62. The molecule has 4 rings (SSSR count). The molecule has 1 amide bonds. The lowest BCUT2D eigenvalue weighted by Gasteiger charge is -2.18. The first-order valence-electron chi connectivity index (χ1n) is 9.92. The third-order valence-electron chi connectivity index (χ3n) is 5.06. The number of rotatable bonds is 7. The molecule has 0 saturated heterocycles. The van der Waals surface area contributed by atoms with Crippen molar-refractivity contribution in [2.45, 2.75) is 12.6 Å². The van der Waals surface area contributed by atoms with E-state index in [1.807, 2.05) is 0 Å². The van der Waals surface area contributed by atoms with Crippen LogP contribution < -0.4 is 15.4 Å². The molecule has 2 aromatic heterocycles. The van der Waals surface area contributed by atoms with Crippen molar-refractivity contribution < 1.29 is 27.4 Å². The lowest BCUT2D eigenvalue weighted by Crippen LogP contribution is -2.31. The third kappa shape index (κ3) is 4.26. The SMILES string of the molecule is COCCOc1cnccc1-c1[nH]c2c(c1Nc1ccccc1C(F)(F)F)C(=O)NCC2. The number of nitrogens with one attached hydrogen (secondary N) is 3. The van der Waals surface area contributed by atoms with Crippen LogP contribution in [0, 0.1) is 0 Å². The molecule has 0 bridgehead atoms. The number of carbonyl (C=O) groups is 1. The molecule has 168 valence electrons. The van der Waals surface area contributed by atoms with Gasteiger partial charge in [0.05, 0.1) is 41.0 Å². The van der Waals surface area contributed by atoms with Crippen molar-refractivity contribution in [3.63, 3.8) is 0 Å². The summed E-state index contributed by atoms with van der Waals surface area (Å²) in [4.78, 5) is 20.0. The zero-order valence-electron chi connectivity index (χ0n) is 17.2. The van der Waals surface area contributed by atoms with Gasteiger partial charge in [-0.1, -0.05) is 12.1 Å². The molecule has 0 aliphatic carbocycles. The molecule has 7 nitrogen and oxygen atoms in total. The number of benzene rings is 1. The minimum atomic E-state index is -4.56. The van der Waals surface area contributed by atoms with Gasteiger partial charge in [-0.25, -0.2) is 0 Å². The summed E-state index contributed by atoms with van der Waals surface area (Å²) in [6.45, 7) is 1.04. The highest BCUT2D eigenvalue weighted by atomic mass is 19.4. The van der Waals surface area contributed by atoms with Crippen molar-refractivity contribution in [2.75, 3.05) is 32.2 Å². The molecule has 1 aliphatic heterocycles. The van der Waals surface area contributed by atoms with E-state index in [1.165, 1.54) is 24.4 Å². The summed E-state index contributed by atoms with van der Waals surface area (Å²) in [5.74, 6) is 0.0485. The summed E-state index contributed by atoms with van der Waals surface area (Å²) in [5.41, 5.74) is 1.18. The Bertz CT molecular complexity index is 1130. The van der Waals surface area contributed by atoms with Crippen LogP contribution in [0.3, 0.4) is 0 Å². The summed E-state index contributed by atoms with van der Waals surface area (Å²) in [6, 6.07) is 6.82. The number of hydrogen-bond acceptors (Lipinski definition) is 5. The predicted octanol–water partition coefficient (Wildman–Crippen LogP) is 4.15. The Labute approximate surface area is 182 Å². The normalized spacial score (nSPS) is 13.4. The largest absolute Gasteiger partial charge is 0.489 e. The van der Waals surface area contributed by atoms with Crippen molar-refractivity contribution in [3.8, 4) is 17.0 Å².